The van der Waals surface area contributed by atoms with Gasteiger partial charge in [0.05, 0.1) is 4.92 Å². The largest absolute Gasteiger partial charge is 0.336 e. The van der Waals surface area contributed by atoms with Crippen molar-refractivity contribution in [3.8, 4) is 0 Å². The summed E-state index contributed by atoms with van der Waals surface area (Å²) < 4.78 is 1.09. The number of benzene rings is 2. The summed E-state index contributed by atoms with van der Waals surface area (Å²) in [5, 5.41) is 11.1. The number of pyridine rings is 1. The molecule has 0 radical (unpaired) electrons. The second-order valence-corrected chi connectivity index (χ2v) is 7.30. The zero-order chi connectivity index (χ0) is 22.0. The summed E-state index contributed by atoms with van der Waals surface area (Å²) in [7, 11) is 0. The van der Waals surface area contributed by atoms with Crippen LogP contribution < -0.4 is 5.56 Å². The Morgan fingerprint density at radius 1 is 0.968 bits per heavy atom. The van der Waals surface area contributed by atoms with Crippen molar-refractivity contribution in [2.75, 3.05) is 6.54 Å². The van der Waals surface area contributed by atoms with Crippen LogP contribution in [0.25, 0.3) is 0 Å². The van der Waals surface area contributed by atoms with Gasteiger partial charge in [0.1, 0.15) is 0 Å². The van der Waals surface area contributed by atoms with Crippen LogP contribution in [-0.2, 0) is 17.8 Å². The van der Waals surface area contributed by atoms with Crippen LogP contribution in [0.5, 0.6) is 0 Å². The van der Waals surface area contributed by atoms with Gasteiger partial charge in [0.2, 0.25) is 0 Å². The number of non-ortho nitro benzene ring substituents is 1. The predicted molar refractivity (Wildman–Crippen MR) is 113 cm³/mol. The van der Waals surface area contributed by atoms with Crippen LogP contribution >= 0.6 is 0 Å². The van der Waals surface area contributed by atoms with E-state index in [1.807, 2.05) is 24.3 Å². The lowest BCUT2D eigenvalue weighted by Crippen LogP contribution is -2.45. The molecular formula is C23H19N3O5. The van der Waals surface area contributed by atoms with E-state index in [0.717, 1.165) is 21.8 Å². The quantitative estimate of drug-likeness (QED) is 0.275. The molecule has 0 N–H and O–H groups in total. The molecule has 0 fully saturated rings. The minimum absolute atomic E-state index is 0.000660. The van der Waals surface area contributed by atoms with Gasteiger partial charge < -0.3 is 4.90 Å². The van der Waals surface area contributed by atoms with Gasteiger partial charge in [0, 0.05) is 43.0 Å². The van der Waals surface area contributed by atoms with Gasteiger partial charge >= 0.3 is 0 Å². The third kappa shape index (κ3) is 4.00. The molecule has 0 saturated carbocycles. The Hall–Kier alpha value is -4.07. The number of amides is 1. The highest BCUT2D eigenvalue weighted by molar-refractivity contribution is 6.12. The number of nitrogens with zero attached hydrogens (tertiary/aromatic N) is 3. The Labute approximate surface area is 177 Å². The van der Waals surface area contributed by atoms with E-state index in [-0.39, 0.29) is 11.3 Å². The zero-order valence-corrected chi connectivity index (χ0v) is 16.5. The molecule has 156 valence electrons. The number of ketones is 1. The first-order valence-corrected chi connectivity index (χ1v) is 9.77. The van der Waals surface area contributed by atoms with Crippen LogP contribution in [0.15, 0.2) is 77.7 Å². The van der Waals surface area contributed by atoms with E-state index < -0.39 is 28.2 Å². The highest BCUT2D eigenvalue weighted by Crippen LogP contribution is 2.24. The molecule has 1 atom stereocenters. The van der Waals surface area contributed by atoms with E-state index in [1.165, 1.54) is 36.5 Å². The zero-order valence-electron chi connectivity index (χ0n) is 16.5. The molecule has 0 aliphatic carbocycles. The number of nitro benzene ring substituents is 1. The molecule has 3 aromatic rings. The number of hydrogen-bond donors (Lipinski definition) is 0. The number of carbonyl (C=O) groups excluding carboxylic acids is 2. The summed E-state index contributed by atoms with van der Waals surface area (Å²) >= 11 is 0. The van der Waals surface area contributed by atoms with Gasteiger partial charge in [-0.3, -0.25) is 29.1 Å². The average Bonchev–Trinajstić information content (AvgIpc) is 2.80. The maximum Gasteiger partial charge on any atom is 0.270 e. The van der Waals surface area contributed by atoms with Crippen molar-refractivity contribution in [1.29, 1.82) is 0 Å². The number of carbonyl (C=O) groups is 2. The number of aromatic nitrogens is 1. The molecule has 0 saturated heterocycles. The van der Waals surface area contributed by atoms with Crippen LogP contribution in [0, 0.1) is 10.1 Å². The van der Waals surface area contributed by atoms with Gasteiger partial charge in [-0.1, -0.05) is 42.5 Å². The number of Topliss-reactive ketones (excluding diaryl/α,β-unsaturated/α-hetero) is 1. The Kier molecular flexibility index (Phi) is 5.44. The molecule has 4 rings (SSSR count). The fourth-order valence-electron chi connectivity index (χ4n) is 3.80. The molecule has 1 unspecified atom stereocenters. The monoisotopic (exact) mass is 417 g/mol. The van der Waals surface area contributed by atoms with Crippen molar-refractivity contribution in [1.82, 2.24) is 9.47 Å². The Morgan fingerprint density at radius 3 is 2.45 bits per heavy atom. The van der Waals surface area contributed by atoms with Gasteiger partial charge in [-0.25, -0.2) is 0 Å². The molecule has 1 aliphatic heterocycles. The second kappa shape index (κ2) is 8.35. The van der Waals surface area contributed by atoms with E-state index in [0.29, 0.717) is 19.5 Å². The summed E-state index contributed by atoms with van der Waals surface area (Å²) in [6.45, 7) is 0.742. The molecular weight excluding hydrogens is 398 g/mol. The number of fused-ring (bicyclic) bond motifs is 1. The van der Waals surface area contributed by atoms with Gasteiger partial charge in [0.15, 0.2) is 11.8 Å². The highest BCUT2D eigenvalue weighted by atomic mass is 16.6. The smallest absolute Gasteiger partial charge is 0.270 e. The molecule has 8 heteroatoms. The first-order valence-electron chi connectivity index (χ1n) is 9.77. The van der Waals surface area contributed by atoms with E-state index in [2.05, 4.69) is 0 Å². The number of hydrogen-bond acceptors (Lipinski definition) is 5. The third-order valence-corrected chi connectivity index (χ3v) is 5.40. The van der Waals surface area contributed by atoms with Crippen molar-refractivity contribution in [2.24, 2.45) is 0 Å². The van der Waals surface area contributed by atoms with Crippen LogP contribution in [-0.4, -0.2) is 32.6 Å². The fourth-order valence-corrected chi connectivity index (χ4v) is 3.80. The fraction of sp³-hybridized carbons (Fsp3) is 0.174. The number of nitro groups is 1. The first-order chi connectivity index (χ1) is 15.0. The SMILES string of the molecule is O=C(c1cccc([N+](=O)[O-])c1)C(C(=O)N1CCc2ccccc2C1)n1ccccc1=O. The Morgan fingerprint density at radius 2 is 1.71 bits per heavy atom. The van der Waals surface area contributed by atoms with Gasteiger partial charge in [-0.2, -0.15) is 0 Å². The summed E-state index contributed by atoms with van der Waals surface area (Å²) in [4.78, 5) is 51.4. The standard InChI is InChI=1S/C23H19N3O5/c27-20-10-3-4-12-25(20)21(22(28)17-8-5-9-19(14-17)26(30)31)23(29)24-13-11-16-6-1-2-7-18(16)15-24/h1-10,12,14,21H,11,13,15H2. The van der Waals surface area contributed by atoms with Crippen molar-refractivity contribution in [3.63, 3.8) is 0 Å². The van der Waals surface area contributed by atoms with Crippen molar-refractivity contribution in [3.05, 3.63) is 110 Å². The lowest BCUT2D eigenvalue weighted by Gasteiger charge is -2.32. The lowest BCUT2D eigenvalue weighted by molar-refractivity contribution is -0.384. The van der Waals surface area contributed by atoms with Crippen molar-refractivity contribution >= 4 is 17.4 Å². The topological polar surface area (TPSA) is 103 Å². The van der Waals surface area contributed by atoms with Crippen LogP contribution in [0.1, 0.15) is 27.5 Å². The first kappa shape index (κ1) is 20.2. The van der Waals surface area contributed by atoms with Crippen molar-refractivity contribution in [2.45, 2.75) is 19.0 Å². The van der Waals surface area contributed by atoms with E-state index >= 15 is 0 Å². The molecule has 31 heavy (non-hydrogen) atoms. The minimum atomic E-state index is -1.44. The highest BCUT2D eigenvalue weighted by Gasteiger charge is 2.35. The lowest BCUT2D eigenvalue weighted by atomic mass is 9.97. The van der Waals surface area contributed by atoms with Crippen LogP contribution in [0.2, 0.25) is 0 Å². The third-order valence-electron chi connectivity index (χ3n) is 5.40. The van der Waals surface area contributed by atoms with Gasteiger partial charge in [0.25, 0.3) is 17.2 Å². The second-order valence-electron chi connectivity index (χ2n) is 7.30. The summed E-state index contributed by atoms with van der Waals surface area (Å²) in [5.74, 6) is -1.18. The van der Waals surface area contributed by atoms with Gasteiger partial charge in [-0.15, -0.1) is 0 Å². The molecule has 1 aliphatic rings. The van der Waals surface area contributed by atoms with Crippen LogP contribution in [0.3, 0.4) is 0 Å². The molecule has 0 spiro atoms. The van der Waals surface area contributed by atoms with E-state index in [4.69, 9.17) is 0 Å². The Balaban J connectivity index is 1.74. The maximum atomic E-state index is 13.5. The Bertz CT molecular complexity index is 1230. The molecule has 2 aromatic carbocycles. The molecule has 1 amide bonds. The summed E-state index contributed by atoms with van der Waals surface area (Å²) in [6, 6.07) is 15.9. The summed E-state index contributed by atoms with van der Waals surface area (Å²) in [6.07, 6.45) is 2.03. The van der Waals surface area contributed by atoms with Gasteiger partial charge in [-0.05, 0) is 23.6 Å². The average molecular weight is 417 g/mol. The molecule has 0 bridgehead atoms. The van der Waals surface area contributed by atoms with Crippen molar-refractivity contribution < 1.29 is 14.5 Å². The maximum absolute atomic E-state index is 13.5. The molecule has 1 aromatic heterocycles. The van der Waals surface area contributed by atoms with Crippen LogP contribution in [0.4, 0.5) is 5.69 Å². The summed E-state index contributed by atoms with van der Waals surface area (Å²) in [5.41, 5.74) is 1.37. The molecule has 2 heterocycles. The van der Waals surface area contributed by atoms with E-state index in [1.54, 1.807) is 11.0 Å². The van der Waals surface area contributed by atoms with E-state index in [9.17, 15) is 24.5 Å². The predicted octanol–water partition coefficient (Wildman–Crippen LogP) is 2.77. The minimum Gasteiger partial charge on any atom is -0.336 e. The molecule has 8 nitrogen and oxygen atoms in total. The number of rotatable bonds is 5. The normalized spacial score (nSPS) is 13.9.